The molecule has 0 bridgehead atoms. The van der Waals surface area contributed by atoms with Gasteiger partial charge in [0.25, 0.3) is 0 Å². The summed E-state index contributed by atoms with van der Waals surface area (Å²) in [7, 11) is -0.317. The van der Waals surface area contributed by atoms with Crippen molar-refractivity contribution in [3.05, 3.63) is 27.1 Å². The summed E-state index contributed by atoms with van der Waals surface area (Å²) >= 11 is 6.98. The highest BCUT2D eigenvalue weighted by Crippen LogP contribution is 2.37. The lowest BCUT2D eigenvalue weighted by molar-refractivity contribution is 0.00578. The Balaban J connectivity index is 2.32. The summed E-state index contributed by atoms with van der Waals surface area (Å²) in [5.74, 6) is 0. The summed E-state index contributed by atoms with van der Waals surface area (Å²) in [4.78, 5) is 0. The number of hydrogen-bond donors (Lipinski definition) is 0. The Morgan fingerprint density at radius 2 is 1.53 bits per heavy atom. The van der Waals surface area contributed by atoms with Crippen molar-refractivity contribution in [1.82, 2.24) is 0 Å². The van der Waals surface area contributed by atoms with E-state index >= 15 is 0 Å². The average molecular weight is 362 g/mol. The molecule has 0 saturated carbocycles. The van der Waals surface area contributed by atoms with Crippen LogP contribution in [0.25, 0.3) is 0 Å². The molecule has 2 nitrogen and oxygen atoms in total. The van der Waals surface area contributed by atoms with Crippen molar-refractivity contribution in [2.24, 2.45) is 0 Å². The molecule has 0 aliphatic carbocycles. The van der Waals surface area contributed by atoms with Crippen molar-refractivity contribution in [2.75, 3.05) is 0 Å². The minimum absolute atomic E-state index is 0.301. The lowest BCUT2D eigenvalue weighted by atomic mass is 9.79. The van der Waals surface area contributed by atoms with Gasteiger partial charge in [-0.15, -0.1) is 0 Å². The van der Waals surface area contributed by atoms with Gasteiger partial charge in [-0.1, -0.05) is 37.9 Å². The maximum Gasteiger partial charge on any atom is 0.495 e. The zero-order valence-electron chi connectivity index (χ0n) is 10.4. The van der Waals surface area contributed by atoms with Gasteiger partial charge >= 0.3 is 7.12 Å². The largest absolute Gasteiger partial charge is 0.495 e. The number of benzene rings is 1. The monoisotopic (exact) mass is 360 g/mol. The molecule has 92 valence electrons. The normalized spacial score (nSPS) is 21.9. The first kappa shape index (κ1) is 13.6. The number of halogens is 2. The van der Waals surface area contributed by atoms with E-state index in [-0.39, 0.29) is 18.3 Å². The van der Waals surface area contributed by atoms with E-state index in [1.54, 1.807) is 0 Å². The fraction of sp³-hybridized carbons (Fsp3) is 0.500. The molecule has 0 spiro atoms. The van der Waals surface area contributed by atoms with Crippen LogP contribution in [0.1, 0.15) is 27.7 Å². The number of hydrogen-bond acceptors (Lipinski definition) is 2. The molecule has 0 atom stereocenters. The second-order valence-electron chi connectivity index (χ2n) is 5.25. The molecule has 0 N–H and O–H groups in total. The van der Waals surface area contributed by atoms with Gasteiger partial charge in [0, 0.05) is 8.95 Å². The molecule has 5 heteroatoms. The quantitative estimate of drug-likeness (QED) is 0.713. The molecular weight excluding hydrogens is 347 g/mol. The van der Waals surface area contributed by atoms with Crippen molar-refractivity contribution in [3.8, 4) is 0 Å². The highest BCUT2D eigenvalue weighted by atomic mass is 79.9. The van der Waals surface area contributed by atoms with Crippen LogP contribution in [0.4, 0.5) is 0 Å². The summed E-state index contributed by atoms with van der Waals surface area (Å²) in [6.45, 7) is 8.22. The third-order valence-corrected chi connectivity index (χ3v) is 4.65. The first-order valence-corrected chi connectivity index (χ1v) is 7.12. The first-order valence-electron chi connectivity index (χ1n) is 5.53. The summed E-state index contributed by atoms with van der Waals surface area (Å²) in [6, 6.07) is 6.00. The van der Waals surface area contributed by atoms with E-state index in [0.29, 0.717) is 0 Å². The molecule has 0 amide bonds. The molecule has 0 aromatic heterocycles. The van der Waals surface area contributed by atoms with E-state index in [1.165, 1.54) is 0 Å². The molecule has 1 aliphatic heterocycles. The lowest BCUT2D eigenvalue weighted by Gasteiger charge is -2.32. The van der Waals surface area contributed by atoms with Crippen LogP contribution in [0.5, 0.6) is 0 Å². The predicted molar refractivity (Wildman–Crippen MR) is 77.6 cm³/mol. The van der Waals surface area contributed by atoms with Crippen LogP contribution in [0.2, 0.25) is 0 Å². The highest BCUT2D eigenvalue weighted by molar-refractivity contribution is 9.11. The van der Waals surface area contributed by atoms with Crippen LogP contribution in [-0.2, 0) is 9.31 Å². The standard InChI is InChI=1S/C12H15BBr2O2/c1-11(2)12(3,4)17-13(16-11)9-6-5-8(14)7-10(9)15/h5-7H,1-4H3. The Hall–Kier alpha value is 0.165. The summed E-state index contributed by atoms with van der Waals surface area (Å²) in [5, 5.41) is 0. The fourth-order valence-corrected chi connectivity index (χ4v) is 2.90. The average Bonchev–Trinajstić information content (AvgIpc) is 2.35. The van der Waals surface area contributed by atoms with Gasteiger partial charge in [0.2, 0.25) is 0 Å². The van der Waals surface area contributed by atoms with Crippen molar-refractivity contribution < 1.29 is 9.31 Å². The van der Waals surface area contributed by atoms with E-state index in [1.807, 2.05) is 18.2 Å². The molecule has 1 aromatic carbocycles. The Morgan fingerprint density at radius 1 is 1.00 bits per heavy atom. The van der Waals surface area contributed by atoms with Crippen LogP contribution in [0, 0.1) is 0 Å². The molecule has 1 heterocycles. The Kier molecular flexibility index (Phi) is 3.49. The van der Waals surface area contributed by atoms with Crippen LogP contribution >= 0.6 is 31.9 Å². The third kappa shape index (κ3) is 2.48. The maximum absolute atomic E-state index is 6.00. The van der Waals surface area contributed by atoms with Crippen LogP contribution in [0.3, 0.4) is 0 Å². The van der Waals surface area contributed by atoms with Gasteiger partial charge in [-0.2, -0.15) is 0 Å². The van der Waals surface area contributed by atoms with Gasteiger partial charge in [-0.05, 0) is 45.3 Å². The molecule has 2 rings (SSSR count). The zero-order chi connectivity index (χ0) is 12.8. The molecule has 1 aromatic rings. The second kappa shape index (κ2) is 4.37. The highest BCUT2D eigenvalue weighted by Gasteiger charge is 2.52. The topological polar surface area (TPSA) is 18.5 Å². The van der Waals surface area contributed by atoms with Crippen LogP contribution in [-0.4, -0.2) is 18.3 Å². The fourth-order valence-electron chi connectivity index (χ4n) is 1.66. The summed E-state index contributed by atoms with van der Waals surface area (Å²) in [6.07, 6.45) is 0. The Bertz CT molecular complexity index is 430. The molecule has 0 radical (unpaired) electrons. The zero-order valence-corrected chi connectivity index (χ0v) is 13.6. The van der Waals surface area contributed by atoms with Gasteiger partial charge in [-0.3, -0.25) is 0 Å². The summed E-state index contributed by atoms with van der Waals surface area (Å²) in [5.41, 5.74) is 0.417. The second-order valence-corrected chi connectivity index (χ2v) is 7.02. The van der Waals surface area contributed by atoms with Gasteiger partial charge in [0.1, 0.15) is 0 Å². The lowest BCUT2D eigenvalue weighted by Crippen LogP contribution is -2.41. The van der Waals surface area contributed by atoms with Crippen molar-refractivity contribution in [3.63, 3.8) is 0 Å². The van der Waals surface area contributed by atoms with Crippen LogP contribution in [0.15, 0.2) is 27.1 Å². The van der Waals surface area contributed by atoms with E-state index in [9.17, 15) is 0 Å². The van der Waals surface area contributed by atoms with Gasteiger partial charge in [0.15, 0.2) is 0 Å². The Labute approximate surface area is 119 Å². The van der Waals surface area contributed by atoms with E-state index < -0.39 is 0 Å². The molecule has 17 heavy (non-hydrogen) atoms. The van der Waals surface area contributed by atoms with Crippen molar-refractivity contribution >= 4 is 44.4 Å². The van der Waals surface area contributed by atoms with Gasteiger partial charge in [0.05, 0.1) is 11.2 Å². The molecule has 1 aliphatic rings. The minimum Gasteiger partial charge on any atom is -0.399 e. The van der Waals surface area contributed by atoms with E-state index in [0.717, 1.165) is 14.4 Å². The molecular formula is C12H15BBr2O2. The van der Waals surface area contributed by atoms with Gasteiger partial charge in [-0.25, -0.2) is 0 Å². The van der Waals surface area contributed by atoms with Crippen LogP contribution < -0.4 is 5.46 Å². The first-order chi connectivity index (χ1) is 7.73. The molecule has 1 saturated heterocycles. The maximum atomic E-state index is 6.00. The third-order valence-electron chi connectivity index (χ3n) is 3.47. The van der Waals surface area contributed by atoms with Crippen molar-refractivity contribution in [1.29, 1.82) is 0 Å². The molecule has 0 unspecified atom stereocenters. The molecule has 1 fully saturated rings. The Morgan fingerprint density at radius 3 is 2.00 bits per heavy atom. The smallest absolute Gasteiger partial charge is 0.399 e. The number of rotatable bonds is 1. The van der Waals surface area contributed by atoms with Gasteiger partial charge < -0.3 is 9.31 Å². The minimum atomic E-state index is -0.317. The van der Waals surface area contributed by atoms with E-state index in [4.69, 9.17) is 9.31 Å². The predicted octanol–water partition coefficient (Wildman–Crippen LogP) is 3.51. The SMILES string of the molecule is CC1(C)OB(c2ccc(Br)cc2Br)OC1(C)C. The van der Waals surface area contributed by atoms with Crippen molar-refractivity contribution in [2.45, 2.75) is 38.9 Å². The van der Waals surface area contributed by atoms with E-state index in [2.05, 4.69) is 59.6 Å². The summed E-state index contributed by atoms with van der Waals surface area (Å²) < 4.78 is 14.0.